The van der Waals surface area contributed by atoms with Crippen LogP contribution in [0, 0.1) is 12.8 Å². The van der Waals surface area contributed by atoms with Crippen molar-refractivity contribution in [1.82, 2.24) is 19.7 Å². The summed E-state index contributed by atoms with van der Waals surface area (Å²) in [6.07, 6.45) is 1.81. The van der Waals surface area contributed by atoms with E-state index in [4.69, 9.17) is 0 Å². The molecule has 0 bridgehead atoms. The highest BCUT2D eigenvalue weighted by Crippen LogP contribution is 2.14. The minimum Gasteiger partial charge on any atom is -0.322 e. The number of aromatic amines is 2. The van der Waals surface area contributed by atoms with Crippen molar-refractivity contribution >= 4 is 11.0 Å². The third-order valence-electron chi connectivity index (χ3n) is 3.75. The molecule has 0 aliphatic rings. The van der Waals surface area contributed by atoms with Gasteiger partial charge in [0.1, 0.15) is 0 Å². The normalized spacial score (nSPS) is 11.6. The number of nitrogens with one attached hydrogen (secondary N) is 2. The first-order valence-corrected chi connectivity index (χ1v) is 7.32. The van der Waals surface area contributed by atoms with Gasteiger partial charge in [-0.1, -0.05) is 26.0 Å². The maximum absolute atomic E-state index is 12.6. The van der Waals surface area contributed by atoms with Gasteiger partial charge in [0.05, 0.1) is 11.0 Å². The van der Waals surface area contributed by atoms with Crippen LogP contribution in [0.3, 0.4) is 0 Å². The number of benzene rings is 1. The standard InChI is InChI=1S/C16H20N4O/c1-10(2)8-9-12-11(3)19-20(15(12)21)16-17-13-6-4-5-7-14(13)18-16/h4-7,10,19H,8-9H2,1-3H3,(H,17,18). The number of rotatable bonds is 4. The number of aryl methyl sites for hydroxylation is 1. The summed E-state index contributed by atoms with van der Waals surface area (Å²) in [6.45, 7) is 6.27. The molecule has 0 aliphatic heterocycles. The predicted molar refractivity (Wildman–Crippen MR) is 83.9 cm³/mol. The molecule has 0 saturated heterocycles. The summed E-state index contributed by atoms with van der Waals surface area (Å²) < 4.78 is 1.50. The average Bonchev–Trinajstić information content (AvgIpc) is 2.98. The second-order valence-electron chi connectivity index (χ2n) is 5.87. The van der Waals surface area contributed by atoms with Crippen molar-refractivity contribution in [2.24, 2.45) is 5.92 Å². The number of para-hydroxylation sites is 2. The first-order chi connectivity index (χ1) is 10.1. The number of aromatic nitrogens is 4. The minimum atomic E-state index is -0.00722. The topological polar surface area (TPSA) is 66.5 Å². The first kappa shape index (κ1) is 13.7. The maximum Gasteiger partial charge on any atom is 0.277 e. The van der Waals surface area contributed by atoms with E-state index in [0.29, 0.717) is 11.9 Å². The Kier molecular flexibility index (Phi) is 3.41. The molecule has 110 valence electrons. The number of imidazole rings is 1. The SMILES string of the molecule is Cc1[nH]n(-c2nc3ccccc3[nH]2)c(=O)c1CCC(C)C. The lowest BCUT2D eigenvalue weighted by Crippen LogP contribution is -2.18. The molecule has 0 aliphatic carbocycles. The molecule has 21 heavy (non-hydrogen) atoms. The molecule has 0 saturated carbocycles. The highest BCUT2D eigenvalue weighted by Gasteiger charge is 2.15. The number of hydrogen-bond acceptors (Lipinski definition) is 2. The zero-order valence-electron chi connectivity index (χ0n) is 12.6. The molecule has 0 spiro atoms. The van der Waals surface area contributed by atoms with Crippen LogP contribution >= 0.6 is 0 Å². The van der Waals surface area contributed by atoms with E-state index in [1.165, 1.54) is 4.68 Å². The zero-order chi connectivity index (χ0) is 15.0. The predicted octanol–water partition coefficient (Wildman–Crippen LogP) is 2.94. The Morgan fingerprint density at radius 2 is 2.05 bits per heavy atom. The molecule has 0 fully saturated rings. The van der Waals surface area contributed by atoms with E-state index >= 15 is 0 Å². The summed E-state index contributed by atoms with van der Waals surface area (Å²) in [6, 6.07) is 7.76. The van der Waals surface area contributed by atoms with Gasteiger partial charge in [0.15, 0.2) is 0 Å². The molecule has 0 atom stereocenters. The van der Waals surface area contributed by atoms with Crippen LogP contribution < -0.4 is 5.56 Å². The van der Waals surface area contributed by atoms with Gasteiger partial charge in [-0.3, -0.25) is 9.89 Å². The van der Waals surface area contributed by atoms with E-state index in [2.05, 4.69) is 28.9 Å². The van der Waals surface area contributed by atoms with E-state index in [0.717, 1.165) is 35.1 Å². The van der Waals surface area contributed by atoms with Gasteiger partial charge in [-0.25, -0.2) is 4.98 Å². The third-order valence-corrected chi connectivity index (χ3v) is 3.75. The van der Waals surface area contributed by atoms with Gasteiger partial charge in [0, 0.05) is 11.3 Å². The molecule has 0 radical (unpaired) electrons. The maximum atomic E-state index is 12.6. The number of hydrogen-bond donors (Lipinski definition) is 2. The van der Waals surface area contributed by atoms with E-state index < -0.39 is 0 Å². The molecular weight excluding hydrogens is 264 g/mol. The van der Waals surface area contributed by atoms with Gasteiger partial charge in [-0.05, 0) is 37.8 Å². The van der Waals surface area contributed by atoms with E-state index in [1.807, 2.05) is 31.2 Å². The van der Waals surface area contributed by atoms with Crippen molar-refractivity contribution in [3.05, 3.63) is 45.9 Å². The third kappa shape index (κ3) is 2.51. The van der Waals surface area contributed by atoms with Crippen molar-refractivity contribution in [3.8, 4) is 5.95 Å². The van der Waals surface area contributed by atoms with Gasteiger partial charge >= 0.3 is 0 Å². The second kappa shape index (κ2) is 5.24. The summed E-state index contributed by atoms with van der Waals surface area (Å²) in [7, 11) is 0. The molecule has 0 unspecified atom stereocenters. The highest BCUT2D eigenvalue weighted by atomic mass is 16.1. The molecule has 5 nitrogen and oxygen atoms in total. The van der Waals surface area contributed by atoms with Gasteiger partial charge in [-0.2, -0.15) is 4.68 Å². The van der Waals surface area contributed by atoms with Crippen LogP contribution in [-0.4, -0.2) is 19.7 Å². The highest BCUT2D eigenvalue weighted by molar-refractivity contribution is 5.75. The lowest BCUT2D eigenvalue weighted by Gasteiger charge is -2.01. The van der Waals surface area contributed by atoms with Crippen molar-refractivity contribution < 1.29 is 0 Å². The molecule has 2 aromatic heterocycles. The molecule has 0 amide bonds. The van der Waals surface area contributed by atoms with Crippen LogP contribution in [0.15, 0.2) is 29.1 Å². The van der Waals surface area contributed by atoms with Crippen LogP contribution in [0.2, 0.25) is 0 Å². The largest absolute Gasteiger partial charge is 0.322 e. The summed E-state index contributed by atoms with van der Waals surface area (Å²) in [5, 5.41) is 3.12. The van der Waals surface area contributed by atoms with Crippen LogP contribution in [0.1, 0.15) is 31.5 Å². The Hall–Kier alpha value is -2.30. The first-order valence-electron chi connectivity index (χ1n) is 7.32. The van der Waals surface area contributed by atoms with Crippen LogP contribution in [0.5, 0.6) is 0 Å². The summed E-state index contributed by atoms with van der Waals surface area (Å²) in [5.41, 5.74) is 3.54. The van der Waals surface area contributed by atoms with Gasteiger partial charge in [-0.15, -0.1) is 0 Å². The van der Waals surface area contributed by atoms with Gasteiger partial charge in [0.2, 0.25) is 5.95 Å². The zero-order valence-corrected chi connectivity index (χ0v) is 12.6. The number of H-pyrrole nitrogens is 2. The summed E-state index contributed by atoms with van der Waals surface area (Å²) in [5.74, 6) is 1.12. The monoisotopic (exact) mass is 284 g/mol. The van der Waals surface area contributed by atoms with E-state index in [-0.39, 0.29) is 5.56 Å². The van der Waals surface area contributed by atoms with Crippen LogP contribution in [0.25, 0.3) is 17.0 Å². The Morgan fingerprint density at radius 1 is 1.29 bits per heavy atom. The van der Waals surface area contributed by atoms with Gasteiger partial charge < -0.3 is 4.98 Å². The molecule has 3 aromatic rings. The van der Waals surface area contributed by atoms with Crippen molar-refractivity contribution in [2.45, 2.75) is 33.6 Å². The molecule has 3 rings (SSSR count). The van der Waals surface area contributed by atoms with Crippen LogP contribution in [0.4, 0.5) is 0 Å². The van der Waals surface area contributed by atoms with Crippen molar-refractivity contribution in [3.63, 3.8) is 0 Å². The minimum absolute atomic E-state index is 0.00722. The fourth-order valence-corrected chi connectivity index (χ4v) is 2.50. The molecule has 2 heterocycles. The fourth-order valence-electron chi connectivity index (χ4n) is 2.50. The quantitative estimate of drug-likeness (QED) is 0.773. The molecule has 5 heteroatoms. The Balaban J connectivity index is 2.02. The Labute approximate surface area is 123 Å². The average molecular weight is 284 g/mol. The summed E-state index contributed by atoms with van der Waals surface area (Å²) in [4.78, 5) is 20.2. The smallest absolute Gasteiger partial charge is 0.277 e. The lowest BCUT2D eigenvalue weighted by atomic mass is 10.0. The lowest BCUT2D eigenvalue weighted by molar-refractivity contribution is 0.584. The van der Waals surface area contributed by atoms with Crippen molar-refractivity contribution in [1.29, 1.82) is 0 Å². The van der Waals surface area contributed by atoms with E-state index in [1.54, 1.807) is 0 Å². The fraction of sp³-hybridized carbons (Fsp3) is 0.375. The second-order valence-corrected chi connectivity index (χ2v) is 5.87. The number of fused-ring (bicyclic) bond motifs is 1. The Bertz CT molecular complexity index is 789. The summed E-state index contributed by atoms with van der Waals surface area (Å²) >= 11 is 0. The van der Waals surface area contributed by atoms with E-state index in [9.17, 15) is 4.79 Å². The molecule has 2 N–H and O–H groups in total. The Morgan fingerprint density at radius 3 is 2.76 bits per heavy atom. The van der Waals surface area contributed by atoms with Crippen LogP contribution in [-0.2, 0) is 6.42 Å². The van der Waals surface area contributed by atoms with Crippen molar-refractivity contribution in [2.75, 3.05) is 0 Å². The van der Waals surface area contributed by atoms with Gasteiger partial charge in [0.25, 0.3) is 5.56 Å². The number of nitrogens with zero attached hydrogens (tertiary/aromatic N) is 2. The molecule has 1 aromatic carbocycles. The molecular formula is C16H20N4O.